The molecule has 148 valence electrons. The molecule has 1 saturated carbocycles. The topological polar surface area (TPSA) is 63.6 Å². The van der Waals surface area contributed by atoms with Crippen molar-refractivity contribution < 1.29 is 19.4 Å². The minimum Gasteiger partial charge on any atom is -0.468 e. The second kappa shape index (κ2) is 12.3. The van der Waals surface area contributed by atoms with Crippen molar-refractivity contribution >= 4 is 35.3 Å². The van der Waals surface area contributed by atoms with Crippen molar-refractivity contribution in [2.45, 2.75) is 37.0 Å². The Morgan fingerprint density at radius 3 is 2.85 bits per heavy atom. The molecule has 1 N–H and O–H groups in total. The maximum absolute atomic E-state index is 12.2. The summed E-state index contributed by atoms with van der Waals surface area (Å²) in [5, 5.41) is 10.2. The molecule has 27 heavy (non-hydrogen) atoms. The van der Waals surface area contributed by atoms with Gasteiger partial charge in [0.15, 0.2) is 0 Å². The van der Waals surface area contributed by atoms with Gasteiger partial charge in [0.25, 0.3) is 0 Å². The van der Waals surface area contributed by atoms with E-state index in [4.69, 9.17) is 0 Å². The summed E-state index contributed by atoms with van der Waals surface area (Å²) in [4.78, 5) is 23.2. The molecule has 0 aromatic heterocycles. The van der Waals surface area contributed by atoms with Crippen molar-refractivity contribution in [1.29, 1.82) is 0 Å². The molecule has 0 spiro atoms. The van der Waals surface area contributed by atoms with E-state index < -0.39 is 6.10 Å². The number of Topliss-reactive ketones (excluding diaryl/α,β-unsaturated/α-hetero) is 1. The van der Waals surface area contributed by atoms with E-state index in [1.165, 1.54) is 7.11 Å². The fraction of sp³-hybridized carbons (Fsp3) is 0.524. The second-order valence-electron chi connectivity index (χ2n) is 6.58. The van der Waals surface area contributed by atoms with Crippen LogP contribution in [0.4, 0.5) is 0 Å². The zero-order chi connectivity index (χ0) is 19.5. The zero-order valence-corrected chi connectivity index (χ0v) is 17.3. The first-order chi connectivity index (χ1) is 13.1. The Morgan fingerprint density at radius 1 is 1.33 bits per heavy atom. The highest BCUT2D eigenvalue weighted by Gasteiger charge is 2.33. The van der Waals surface area contributed by atoms with Gasteiger partial charge in [-0.15, -0.1) is 11.8 Å². The van der Waals surface area contributed by atoms with Crippen LogP contribution in [-0.4, -0.2) is 52.6 Å². The standard InChI is InChI=1S/C21H28O4S2/c1-25-20(24)15-26-12-5-13-27-21-17(9-11-19(21)23)8-10-18(22)14-16-6-3-2-4-7-16/h2-4,6-8,10,17-18,21-22H,5,9,11-15H2,1H3/t17-,18+,21-/m1/s1. The number of esters is 1. The van der Waals surface area contributed by atoms with Crippen molar-refractivity contribution in [1.82, 2.24) is 0 Å². The number of aliphatic hydroxyl groups is 1. The van der Waals surface area contributed by atoms with E-state index >= 15 is 0 Å². The number of hydrogen-bond acceptors (Lipinski definition) is 6. The Bertz CT molecular complexity index is 618. The number of carbonyl (C=O) groups is 2. The van der Waals surface area contributed by atoms with Gasteiger partial charge in [-0.3, -0.25) is 9.59 Å². The fourth-order valence-electron chi connectivity index (χ4n) is 3.04. The fourth-order valence-corrected chi connectivity index (χ4v) is 5.34. The lowest BCUT2D eigenvalue weighted by molar-refractivity contribution is -0.137. The molecule has 6 heteroatoms. The molecule has 0 amide bonds. The molecule has 0 unspecified atom stereocenters. The summed E-state index contributed by atoms with van der Waals surface area (Å²) in [6.07, 6.45) is 6.39. The number of ether oxygens (including phenoxy) is 1. The molecule has 0 heterocycles. The van der Waals surface area contributed by atoms with E-state index in [0.717, 1.165) is 29.9 Å². The third-order valence-corrected chi connectivity index (χ3v) is 6.99. The molecule has 2 rings (SSSR count). The van der Waals surface area contributed by atoms with Crippen LogP contribution < -0.4 is 0 Å². The van der Waals surface area contributed by atoms with E-state index in [0.29, 0.717) is 24.4 Å². The first kappa shape index (κ1) is 22.1. The Hall–Kier alpha value is -1.24. The summed E-state index contributed by atoms with van der Waals surface area (Å²) in [7, 11) is 1.40. The number of ketones is 1. The largest absolute Gasteiger partial charge is 0.468 e. The van der Waals surface area contributed by atoms with Gasteiger partial charge in [0.1, 0.15) is 5.78 Å². The van der Waals surface area contributed by atoms with Crippen molar-refractivity contribution in [3.05, 3.63) is 48.0 Å². The van der Waals surface area contributed by atoms with Gasteiger partial charge in [0.2, 0.25) is 0 Å². The van der Waals surface area contributed by atoms with Crippen molar-refractivity contribution in [2.75, 3.05) is 24.4 Å². The SMILES string of the molecule is COC(=O)CSCCCS[C@H]1C(=O)CC[C@H]1C=C[C@H](O)Cc1ccccc1. The third-order valence-electron chi connectivity index (χ3n) is 4.48. The van der Waals surface area contributed by atoms with Crippen LogP contribution in [0.15, 0.2) is 42.5 Å². The van der Waals surface area contributed by atoms with Crippen LogP contribution in [0.1, 0.15) is 24.8 Å². The minimum absolute atomic E-state index is 0.00391. The average Bonchev–Trinajstić information content (AvgIpc) is 3.03. The molecule has 0 bridgehead atoms. The molecule has 1 aromatic rings. The van der Waals surface area contributed by atoms with Gasteiger partial charge in [0, 0.05) is 12.8 Å². The lowest BCUT2D eigenvalue weighted by Crippen LogP contribution is -2.17. The second-order valence-corrected chi connectivity index (χ2v) is 8.94. The van der Waals surface area contributed by atoms with Crippen LogP contribution in [0.25, 0.3) is 0 Å². The summed E-state index contributed by atoms with van der Waals surface area (Å²) < 4.78 is 4.61. The van der Waals surface area contributed by atoms with Crippen LogP contribution in [0.3, 0.4) is 0 Å². The van der Waals surface area contributed by atoms with Gasteiger partial charge in [0.05, 0.1) is 24.2 Å². The van der Waals surface area contributed by atoms with Crippen LogP contribution in [0.5, 0.6) is 0 Å². The molecule has 4 nitrogen and oxygen atoms in total. The Labute approximate surface area is 170 Å². The maximum atomic E-state index is 12.2. The number of benzene rings is 1. The number of carbonyl (C=O) groups excluding carboxylic acids is 2. The number of hydrogen-bond donors (Lipinski definition) is 1. The van der Waals surface area contributed by atoms with Crippen molar-refractivity contribution in [3.8, 4) is 0 Å². The quantitative estimate of drug-likeness (QED) is 0.343. The van der Waals surface area contributed by atoms with Gasteiger partial charge in [-0.05, 0) is 35.8 Å². The van der Waals surface area contributed by atoms with Crippen LogP contribution in [0, 0.1) is 5.92 Å². The maximum Gasteiger partial charge on any atom is 0.315 e. The zero-order valence-electron chi connectivity index (χ0n) is 15.7. The highest BCUT2D eigenvalue weighted by atomic mass is 32.2. The highest BCUT2D eigenvalue weighted by Crippen LogP contribution is 2.34. The van der Waals surface area contributed by atoms with E-state index in [1.807, 2.05) is 42.5 Å². The van der Waals surface area contributed by atoms with Gasteiger partial charge in [-0.25, -0.2) is 0 Å². The number of allylic oxidation sites excluding steroid dienone is 1. The van der Waals surface area contributed by atoms with Crippen molar-refractivity contribution in [3.63, 3.8) is 0 Å². The van der Waals surface area contributed by atoms with Crippen LogP contribution in [0.2, 0.25) is 0 Å². The monoisotopic (exact) mass is 408 g/mol. The minimum atomic E-state index is -0.525. The number of rotatable bonds is 11. The smallest absolute Gasteiger partial charge is 0.315 e. The summed E-state index contributed by atoms with van der Waals surface area (Å²) in [6.45, 7) is 0. The first-order valence-electron chi connectivity index (χ1n) is 9.29. The van der Waals surface area contributed by atoms with E-state index in [9.17, 15) is 14.7 Å². The predicted molar refractivity (Wildman–Crippen MR) is 113 cm³/mol. The molecular weight excluding hydrogens is 380 g/mol. The molecule has 1 aliphatic carbocycles. The average molecular weight is 409 g/mol. The van der Waals surface area contributed by atoms with Gasteiger partial charge in [-0.1, -0.05) is 42.5 Å². The van der Waals surface area contributed by atoms with Crippen LogP contribution >= 0.6 is 23.5 Å². The predicted octanol–water partition coefficient (Wildman–Crippen LogP) is 3.52. The summed E-state index contributed by atoms with van der Waals surface area (Å²) >= 11 is 3.27. The van der Waals surface area contributed by atoms with Gasteiger partial charge < -0.3 is 9.84 Å². The Morgan fingerprint density at radius 2 is 2.11 bits per heavy atom. The first-order valence-corrected chi connectivity index (χ1v) is 11.5. The lowest BCUT2D eigenvalue weighted by atomic mass is 10.0. The van der Waals surface area contributed by atoms with E-state index in [1.54, 1.807) is 23.5 Å². The molecule has 0 radical (unpaired) electrons. The molecule has 0 saturated heterocycles. The molecule has 1 aromatic carbocycles. The van der Waals surface area contributed by atoms with Gasteiger partial charge in [-0.2, -0.15) is 11.8 Å². The molecule has 3 atom stereocenters. The summed E-state index contributed by atoms with van der Waals surface area (Å²) in [5.74, 6) is 2.50. The molecule has 1 fully saturated rings. The third kappa shape index (κ3) is 8.11. The van der Waals surface area contributed by atoms with E-state index in [-0.39, 0.29) is 17.1 Å². The van der Waals surface area contributed by atoms with Crippen molar-refractivity contribution in [2.24, 2.45) is 5.92 Å². The Kier molecular flexibility index (Phi) is 10.0. The normalized spacial score (nSPS) is 20.9. The van der Waals surface area contributed by atoms with Crippen LogP contribution in [-0.2, 0) is 20.7 Å². The molecular formula is C21H28O4S2. The van der Waals surface area contributed by atoms with Gasteiger partial charge >= 0.3 is 5.97 Å². The highest BCUT2D eigenvalue weighted by molar-refractivity contribution is 8.01. The lowest BCUT2D eigenvalue weighted by Gasteiger charge is -2.15. The Balaban J connectivity index is 1.72. The number of methoxy groups -OCH3 is 1. The molecule has 1 aliphatic rings. The number of aliphatic hydroxyl groups excluding tert-OH is 1. The summed E-state index contributed by atoms with van der Waals surface area (Å²) in [5.41, 5.74) is 1.10. The van der Waals surface area contributed by atoms with E-state index in [2.05, 4.69) is 4.74 Å². The molecule has 0 aliphatic heterocycles. The number of thioether (sulfide) groups is 2. The summed E-state index contributed by atoms with van der Waals surface area (Å²) in [6, 6.07) is 9.92.